The summed E-state index contributed by atoms with van der Waals surface area (Å²) in [5.41, 5.74) is 8.08. The molecule has 0 bridgehead atoms. The molecule has 1 heterocycles. The predicted molar refractivity (Wildman–Crippen MR) is 72.7 cm³/mol. The third-order valence-corrected chi connectivity index (χ3v) is 2.94. The van der Waals surface area contributed by atoms with Crippen LogP contribution in [0.1, 0.15) is 17.5 Å². The van der Waals surface area contributed by atoms with E-state index in [1.807, 2.05) is 16.9 Å². The quantitative estimate of drug-likeness (QED) is 0.824. The number of aromatic nitrogens is 2. The first-order valence-corrected chi connectivity index (χ1v) is 6.14. The van der Waals surface area contributed by atoms with Gasteiger partial charge in [-0.25, -0.2) is 0 Å². The molecule has 0 atom stereocenters. The van der Waals surface area contributed by atoms with Crippen LogP contribution in [0.2, 0.25) is 0 Å². The fourth-order valence-corrected chi connectivity index (χ4v) is 1.72. The molecule has 0 fully saturated rings. The third kappa shape index (κ3) is 3.26. The molecule has 2 aromatic rings. The highest BCUT2D eigenvalue weighted by atomic mass is 16.5. The Balaban J connectivity index is 1.76. The maximum Gasteiger partial charge on any atom is 0.145 e. The molecule has 96 valence electrons. The van der Waals surface area contributed by atoms with Gasteiger partial charge in [-0.3, -0.25) is 4.68 Å². The van der Waals surface area contributed by atoms with Crippen molar-refractivity contribution in [3.63, 3.8) is 0 Å². The number of hydrogen-bond donors (Lipinski definition) is 1. The molecule has 0 aliphatic rings. The van der Waals surface area contributed by atoms with Gasteiger partial charge in [0.1, 0.15) is 11.6 Å². The number of nitrogens with zero attached hydrogens (tertiary/aromatic N) is 2. The van der Waals surface area contributed by atoms with Crippen molar-refractivity contribution >= 4 is 5.82 Å². The Morgan fingerprint density at radius 1 is 1.22 bits per heavy atom. The van der Waals surface area contributed by atoms with Crippen molar-refractivity contribution in [1.29, 1.82) is 0 Å². The second-order valence-electron chi connectivity index (χ2n) is 4.45. The molecule has 1 aromatic carbocycles. The van der Waals surface area contributed by atoms with Crippen LogP contribution < -0.4 is 10.5 Å². The van der Waals surface area contributed by atoms with Crippen LogP contribution in [0, 0.1) is 13.8 Å². The lowest BCUT2D eigenvalue weighted by Crippen LogP contribution is -2.05. The number of nitrogens with two attached hydrogens (primary N) is 1. The molecular formula is C14H19N3O. The van der Waals surface area contributed by atoms with E-state index in [0.717, 1.165) is 18.7 Å². The number of benzene rings is 1. The van der Waals surface area contributed by atoms with Gasteiger partial charge in [0.25, 0.3) is 0 Å². The largest absolute Gasteiger partial charge is 0.494 e. The third-order valence-electron chi connectivity index (χ3n) is 2.94. The van der Waals surface area contributed by atoms with Crippen LogP contribution in [-0.4, -0.2) is 16.4 Å². The second-order valence-corrected chi connectivity index (χ2v) is 4.45. The molecule has 2 rings (SSSR count). The van der Waals surface area contributed by atoms with Gasteiger partial charge in [-0.2, -0.15) is 5.10 Å². The summed E-state index contributed by atoms with van der Waals surface area (Å²) in [6, 6.07) is 7.96. The van der Waals surface area contributed by atoms with E-state index in [2.05, 4.69) is 31.1 Å². The fourth-order valence-electron chi connectivity index (χ4n) is 1.72. The van der Waals surface area contributed by atoms with Gasteiger partial charge < -0.3 is 10.5 Å². The van der Waals surface area contributed by atoms with Crippen molar-refractivity contribution in [3.8, 4) is 5.75 Å². The Morgan fingerprint density at radius 2 is 2.06 bits per heavy atom. The van der Waals surface area contributed by atoms with Crippen LogP contribution in [0.25, 0.3) is 0 Å². The van der Waals surface area contributed by atoms with Crippen molar-refractivity contribution in [2.45, 2.75) is 26.8 Å². The lowest BCUT2D eigenvalue weighted by atomic mass is 10.1. The molecule has 0 spiro atoms. The number of hydrogen-bond acceptors (Lipinski definition) is 3. The van der Waals surface area contributed by atoms with Crippen molar-refractivity contribution < 1.29 is 4.74 Å². The number of nitrogen functional groups attached to an aromatic ring is 1. The predicted octanol–water partition coefficient (Wildman–Crippen LogP) is 2.55. The molecule has 0 aliphatic heterocycles. The molecular weight excluding hydrogens is 226 g/mol. The maximum atomic E-state index is 5.70. The van der Waals surface area contributed by atoms with E-state index in [1.54, 1.807) is 6.07 Å². The summed E-state index contributed by atoms with van der Waals surface area (Å²) in [7, 11) is 0. The number of aryl methyl sites for hydroxylation is 3. The zero-order valence-electron chi connectivity index (χ0n) is 10.9. The molecule has 1 aromatic heterocycles. The first-order chi connectivity index (χ1) is 8.65. The molecule has 4 heteroatoms. The lowest BCUT2D eigenvalue weighted by Gasteiger charge is -2.08. The Morgan fingerprint density at radius 3 is 2.72 bits per heavy atom. The number of rotatable bonds is 5. The molecule has 2 N–H and O–H groups in total. The van der Waals surface area contributed by atoms with Crippen LogP contribution in [0.15, 0.2) is 30.5 Å². The zero-order valence-corrected chi connectivity index (χ0v) is 10.9. The van der Waals surface area contributed by atoms with Gasteiger partial charge in [0.2, 0.25) is 0 Å². The highest BCUT2D eigenvalue weighted by Crippen LogP contribution is 2.16. The summed E-state index contributed by atoms with van der Waals surface area (Å²) in [4.78, 5) is 0. The Labute approximate surface area is 107 Å². The fraction of sp³-hybridized carbons (Fsp3) is 0.357. The topological polar surface area (TPSA) is 53.1 Å². The van der Waals surface area contributed by atoms with Gasteiger partial charge in [0.15, 0.2) is 0 Å². The van der Waals surface area contributed by atoms with Crippen molar-refractivity contribution in [1.82, 2.24) is 9.78 Å². The summed E-state index contributed by atoms with van der Waals surface area (Å²) in [5.74, 6) is 1.49. The van der Waals surface area contributed by atoms with Crippen LogP contribution >= 0.6 is 0 Å². The SMILES string of the molecule is Cc1ccc(OCCCn2ccc(N)n2)cc1C. The summed E-state index contributed by atoms with van der Waals surface area (Å²) < 4.78 is 7.53. The van der Waals surface area contributed by atoms with E-state index in [1.165, 1.54) is 11.1 Å². The normalized spacial score (nSPS) is 10.6. The van der Waals surface area contributed by atoms with Crippen LogP contribution in [0.3, 0.4) is 0 Å². The van der Waals surface area contributed by atoms with Crippen LogP contribution in [0.4, 0.5) is 5.82 Å². The van der Waals surface area contributed by atoms with Gasteiger partial charge in [-0.05, 0) is 43.2 Å². The smallest absolute Gasteiger partial charge is 0.145 e. The van der Waals surface area contributed by atoms with Crippen molar-refractivity contribution in [3.05, 3.63) is 41.6 Å². The van der Waals surface area contributed by atoms with E-state index < -0.39 is 0 Å². The summed E-state index contributed by atoms with van der Waals surface area (Å²) in [6.45, 7) is 5.69. The second kappa shape index (κ2) is 5.58. The molecule has 0 radical (unpaired) electrons. The highest BCUT2D eigenvalue weighted by molar-refractivity contribution is 5.33. The molecule has 0 aliphatic carbocycles. The molecule has 0 amide bonds. The highest BCUT2D eigenvalue weighted by Gasteiger charge is 1.98. The van der Waals surface area contributed by atoms with Gasteiger partial charge >= 0.3 is 0 Å². The molecule has 18 heavy (non-hydrogen) atoms. The zero-order chi connectivity index (χ0) is 13.0. The van der Waals surface area contributed by atoms with E-state index in [9.17, 15) is 0 Å². The summed E-state index contributed by atoms with van der Waals surface area (Å²) in [5, 5.41) is 4.12. The van der Waals surface area contributed by atoms with Gasteiger partial charge in [0, 0.05) is 19.2 Å². The summed E-state index contributed by atoms with van der Waals surface area (Å²) >= 11 is 0. The van der Waals surface area contributed by atoms with E-state index >= 15 is 0 Å². The Kier molecular flexibility index (Phi) is 3.87. The average Bonchev–Trinajstić information content (AvgIpc) is 2.75. The number of ether oxygens (including phenoxy) is 1. The minimum absolute atomic E-state index is 0.560. The Hall–Kier alpha value is -1.97. The van der Waals surface area contributed by atoms with E-state index in [-0.39, 0.29) is 0 Å². The minimum Gasteiger partial charge on any atom is -0.494 e. The van der Waals surface area contributed by atoms with Crippen LogP contribution in [0.5, 0.6) is 5.75 Å². The van der Waals surface area contributed by atoms with Crippen molar-refractivity contribution in [2.75, 3.05) is 12.3 Å². The Bertz CT molecular complexity index is 520. The lowest BCUT2D eigenvalue weighted by molar-refractivity contribution is 0.298. The first-order valence-electron chi connectivity index (χ1n) is 6.14. The molecule has 4 nitrogen and oxygen atoms in total. The summed E-state index contributed by atoms with van der Waals surface area (Å²) in [6.07, 6.45) is 2.79. The minimum atomic E-state index is 0.560. The molecule has 0 saturated carbocycles. The van der Waals surface area contributed by atoms with E-state index in [4.69, 9.17) is 10.5 Å². The average molecular weight is 245 g/mol. The maximum absolute atomic E-state index is 5.70. The van der Waals surface area contributed by atoms with Gasteiger partial charge in [-0.15, -0.1) is 0 Å². The molecule has 0 saturated heterocycles. The molecule has 0 unspecified atom stereocenters. The standard InChI is InChI=1S/C14H19N3O/c1-11-4-5-13(10-12(11)2)18-9-3-7-17-8-6-14(15)16-17/h4-6,8,10H,3,7,9H2,1-2H3,(H2,15,16). The first kappa shape index (κ1) is 12.5. The van der Waals surface area contributed by atoms with E-state index in [0.29, 0.717) is 12.4 Å². The number of anilines is 1. The van der Waals surface area contributed by atoms with Crippen molar-refractivity contribution in [2.24, 2.45) is 0 Å². The van der Waals surface area contributed by atoms with Gasteiger partial charge in [0.05, 0.1) is 6.61 Å². The van der Waals surface area contributed by atoms with Gasteiger partial charge in [-0.1, -0.05) is 6.07 Å². The monoisotopic (exact) mass is 245 g/mol. The van der Waals surface area contributed by atoms with Crippen LogP contribution in [-0.2, 0) is 6.54 Å².